The number of fused-ring (bicyclic) bond motifs is 4. The van der Waals surface area contributed by atoms with Crippen LogP contribution >= 0.6 is 0 Å². The predicted octanol–water partition coefficient (Wildman–Crippen LogP) is 1.82. The number of hydrogen-bond acceptors (Lipinski definition) is 6. The minimum absolute atomic E-state index is 0.00323. The Balaban J connectivity index is 1.12. The monoisotopic (exact) mass is 488 g/mol. The lowest BCUT2D eigenvalue weighted by atomic mass is 9.79. The number of carbonyl (C=O) groups excluding carboxylic acids is 4. The second-order valence-electron chi connectivity index (χ2n) is 11.0. The zero-order valence-corrected chi connectivity index (χ0v) is 20.0. The fourth-order valence-electron chi connectivity index (χ4n) is 7.57. The molecule has 2 saturated heterocycles. The van der Waals surface area contributed by atoms with Crippen LogP contribution in [0.25, 0.3) is 5.69 Å². The van der Waals surface area contributed by atoms with Crippen molar-refractivity contribution in [3.05, 3.63) is 41.2 Å². The third-order valence-corrected chi connectivity index (χ3v) is 9.21. The molecule has 10 nitrogen and oxygen atoms in total. The minimum Gasteiger partial charge on any atom is -0.331 e. The standard InChI is InChI=1S/C26H28N6O4/c33-22-7-6-21(23(34)27-22)30-13-16-3-5-18(11-19(16)24(30)35)32-14-20(28-29-32)25(36)31-9-1-8-26(31)12-15-2-4-17(26)10-15/h3,5,11,14-15,17,21H,1-2,4,6-10,12-13H2,(H,27,33,34). The second-order valence-corrected chi connectivity index (χ2v) is 11.0. The first-order valence-corrected chi connectivity index (χ1v) is 13.0. The summed E-state index contributed by atoms with van der Waals surface area (Å²) in [5, 5.41) is 10.8. The number of amides is 4. The topological polar surface area (TPSA) is 118 Å². The van der Waals surface area contributed by atoms with Crippen molar-refractivity contribution >= 4 is 23.6 Å². The summed E-state index contributed by atoms with van der Waals surface area (Å²) < 4.78 is 1.54. The van der Waals surface area contributed by atoms with Crippen LogP contribution < -0.4 is 5.32 Å². The third kappa shape index (κ3) is 3.09. The van der Waals surface area contributed by atoms with Crippen molar-refractivity contribution in [1.82, 2.24) is 30.1 Å². The summed E-state index contributed by atoms with van der Waals surface area (Å²) >= 11 is 0. The van der Waals surface area contributed by atoms with Crippen LogP contribution in [0.15, 0.2) is 24.4 Å². The molecule has 1 aromatic carbocycles. The van der Waals surface area contributed by atoms with Crippen molar-refractivity contribution in [3.8, 4) is 5.69 Å². The van der Waals surface area contributed by atoms with E-state index >= 15 is 0 Å². The molecule has 4 amide bonds. The third-order valence-electron chi connectivity index (χ3n) is 9.21. The van der Waals surface area contributed by atoms with Gasteiger partial charge in [-0.15, -0.1) is 5.10 Å². The van der Waals surface area contributed by atoms with E-state index in [0.717, 1.165) is 37.3 Å². The lowest BCUT2D eigenvalue weighted by molar-refractivity contribution is -0.136. The van der Waals surface area contributed by atoms with Gasteiger partial charge in [0, 0.05) is 30.6 Å². The Morgan fingerprint density at radius 3 is 2.81 bits per heavy atom. The number of nitrogens with one attached hydrogen (secondary N) is 1. The van der Waals surface area contributed by atoms with E-state index in [9.17, 15) is 19.2 Å². The highest BCUT2D eigenvalue weighted by Gasteiger charge is 2.57. The van der Waals surface area contributed by atoms with E-state index in [1.54, 1.807) is 16.9 Å². The molecule has 1 spiro atoms. The quantitative estimate of drug-likeness (QED) is 0.659. The fraction of sp³-hybridized carbons (Fsp3) is 0.538. The van der Waals surface area contributed by atoms with Crippen LogP contribution in [0.2, 0.25) is 0 Å². The van der Waals surface area contributed by atoms with Crippen molar-refractivity contribution in [3.63, 3.8) is 0 Å². The van der Waals surface area contributed by atoms with Crippen molar-refractivity contribution in [2.24, 2.45) is 11.8 Å². The second kappa shape index (κ2) is 7.72. The van der Waals surface area contributed by atoms with E-state index in [1.807, 2.05) is 12.1 Å². The zero-order chi connectivity index (χ0) is 24.6. The number of imide groups is 1. The molecule has 4 heterocycles. The smallest absolute Gasteiger partial charge is 0.276 e. The van der Waals surface area contributed by atoms with Gasteiger partial charge in [-0.3, -0.25) is 24.5 Å². The van der Waals surface area contributed by atoms with Gasteiger partial charge in [-0.1, -0.05) is 11.3 Å². The summed E-state index contributed by atoms with van der Waals surface area (Å²) in [6.45, 7) is 1.10. The predicted molar refractivity (Wildman–Crippen MR) is 126 cm³/mol. The largest absolute Gasteiger partial charge is 0.331 e. The fourth-order valence-corrected chi connectivity index (χ4v) is 7.57. The molecule has 0 radical (unpaired) electrons. The molecule has 2 saturated carbocycles. The summed E-state index contributed by atoms with van der Waals surface area (Å²) in [5.41, 5.74) is 2.29. The van der Waals surface area contributed by atoms with Gasteiger partial charge in [0.2, 0.25) is 11.8 Å². The van der Waals surface area contributed by atoms with E-state index in [4.69, 9.17) is 0 Å². The van der Waals surface area contributed by atoms with Crippen LogP contribution in [0.1, 0.15) is 77.8 Å². The number of rotatable bonds is 3. The average molecular weight is 489 g/mol. The molecule has 186 valence electrons. The molecule has 1 N–H and O–H groups in total. The molecular formula is C26H28N6O4. The van der Waals surface area contributed by atoms with Gasteiger partial charge in [-0.25, -0.2) is 4.68 Å². The summed E-state index contributed by atoms with van der Waals surface area (Å²) in [6.07, 6.45) is 9.21. The highest BCUT2D eigenvalue weighted by Crippen LogP contribution is 2.57. The molecule has 4 unspecified atom stereocenters. The van der Waals surface area contributed by atoms with E-state index in [1.165, 1.54) is 24.2 Å². The molecule has 1 aromatic heterocycles. The zero-order valence-electron chi connectivity index (χ0n) is 20.0. The molecular weight excluding hydrogens is 460 g/mol. The molecule has 3 aliphatic heterocycles. The number of benzene rings is 1. The summed E-state index contributed by atoms with van der Waals surface area (Å²) in [7, 11) is 0. The lowest BCUT2D eigenvalue weighted by Crippen LogP contribution is -2.52. The number of carbonyl (C=O) groups is 4. The van der Waals surface area contributed by atoms with Crippen molar-refractivity contribution in [2.75, 3.05) is 6.54 Å². The average Bonchev–Trinajstić information content (AvgIpc) is 3.69. The van der Waals surface area contributed by atoms with Crippen molar-refractivity contribution < 1.29 is 19.2 Å². The van der Waals surface area contributed by atoms with Gasteiger partial charge in [0.05, 0.1) is 11.9 Å². The summed E-state index contributed by atoms with van der Waals surface area (Å²) in [5.74, 6) is 0.337. The van der Waals surface area contributed by atoms with Crippen LogP contribution in [0, 0.1) is 11.8 Å². The minimum atomic E-state index is -0.653. The normalized spacial score (nSPS) is 31.0. The molecule has 36 heavy (non-hydrogen) atoms. The SMILES string of the molecule is O=C1CCC(N2Cc3ccc(-n4cc(C(=O)N5CCCC56CC5CCC6C5)nn4)cc3C2=O)C(=O)N1. The molecule has 2 aromatic rings. The van der Waals surface area contributed by atoms with Gasteiger partial charge in [-0.05, 0) is 74.5 Å². The van der Waals surface area contributed by atoms with Crippen LogP contribution in [-0.4, -0.2) is 66.5 Å². The van der Waals surface area contributed by atoms with Gasteiger partial charge in [0.25, 0.3) is 11.8 Å². The van der Waals surface area contributed by atoms with Crippen LogP contribution in [0.3, 0.4) is 0 Å². The maximum absolute atomic E-state index is 13.5. The van der Waals surface area contributed by atoms with E-state index < -0.39 is 11.9 Å². The molecule has 4 atom stereocenters. The van der Waals surface area contributed by atoms with E-state index in [-0.39, 0.29) is 29.7 Å². The Hall–Kier alpha value is -3.56. The Morgan fingerprint density at radius 1 is 1.14 bits per heavy atom. The number of likely N-dealkylation sites (tertiary alicyclic amines) is 1. The first-order chi connectivity index (χ1) is 17.4. The van der Waals surface area contributed by atoms with Crippen molar-refractivity contribution in [1.29, 1.82) is 0 Å². The van der Waals surface area contributed by atoms with Gasteiger partial charge in [0.1, 0.15) is 6.04 Å². The lowest BCUT2D eigenvalue weighted by Gasteiger charge is -2.41. The van der Waals surface area contributed by atoms with Crippen LogP contribution in [0.4, 0.5) is 0 Å². The number of aromatic nitrogens is 3. The summed E-state index contributed by atoms with van der Waals surface area (Å²) in [4.78, 5) is 54.1. The molecule has 10 heteroatoms. The maximum Gasteiger partial charge on any atom is 0.276 e. The highest BCUT2D eigenvalue weighted by molar-refractivity contribution is 6.05. The molecule has 2 bridgehead atoms. The van der Waals surface area contributed by atoms with Crippen LogP contribution in [-0.2, 0) is 16.1 Å². The maximum atomic E-state index is 13.5. The molecule has 7 rings (SSSR count). The van der Waals surface area contributed by atoms with Crippen molar-refractivity contribution in [2.45, 2.75) is 69.5 Å². The van der Waals surface area contributed by atoms with E-state index in [0.29, 0.717) is 35.8 Å². The first kappa shape index (κ1) is 21.7. The Kier molecular flexibility index (Phi) is 4.65. The number of piperidine rings is 1. The number of nitrogens with zero attached hydrogens (tertiary/aromatic N) is 5. The molecule has 5 aliphatic rings. The molecule has 4 fully saturated rings. The summed E-state index contributed by atoms with van der Waals surface area (Å²) in [6, 6.07) is 4.78. The van der Waals surface area contributed by atoms with Crippen LogP contribution in [0.5, 0.6) is 0 Å². The van der Waals surface area contributed by atoms with Gasteiger partial charge >= 0.3 is 0 Å². The first-order valence-electron chi connectivity index (χ1n) is 13.0. The van der Waals surface area contributed by atoms with Gasteiger partial charge in [-0.2, -0.15) is 0 Å². The Bertz CT molecular complexity index is 1320. The molecule has 2 aliphatic carbocycles. The highest BCUT2D eigenvalue weighted by atomic mass is 16.2. The Labute approximate surface area is 208 Å². The van der Waals surface area contributed by atoms with Gasteiger partial charge < -0.3 is 9.80 Å². The number of hydrogen-bond donors (Lipinski definition) is 1. The Morgan fingerprint density at radius 2 is 2.03 bits per heavy atom. The van der Waals surface area contributed by atoms with Gasteiger partial charge in [0.15, 0.2) is 5.69 Å². The van der Waals surface area contributed by atoms with E-state index in [2.05, 4.69) is 20.5 Å².